The van der Waals surface area contributed by atoms with E-state index in [2.05, 4.69) is 53.9 Å². The fourth-order valence-corrected chi connectivity index (χ4v) is 2.86. The summed E-state index contributed by atoms with van der Waals surface area (Å²) in [6.45, 7) is 9.16. The van der Waals surface area contributed by atoms with Gasteiger partial charge in [-0.2, -0.15) is 0 Å². The topological polar surface area (TPSA) is 55.1 Å². The molecule has 1 aromatic heterocycles. The van der Waals surface area contributed by atoms with Crippen molar-refractivity contribution in [3.63, 3.8) is 0 Å². The number of nitrogens with zero attached hydrogens (tertiary/aromatic N) is 2. The van der Waals surface area contributed by atoms with Crippen LogP contribution in [0, 0.1) is 26.8 Å². The molecule has 3 aromatic rings. The number of carbonyl (C=O) groups is 1. The monoisotopic (exact) mass is 556 g/mol. The van der Waals surface area contributed by atoms with Crippen LogP contribution in [0.1, 0.15) is 30.8 Å². The normalized spacial score (nSPS) is 10.5. The smallest absolute Gasteiger partial charge is 0.155 e. The zero-order valence-electron chi connectivity index (χ0n) is 16.8. The first-order valence-electron chi connectivity index (χ1n) is 8.77. The van der Waals surface area contributed by atoms with Crippen molar-refractivity contribution in [3.8, 4) is 16.9 Å². The van der Waals surface area contributed by atoms with Gasteiger partial charge in [0.05, 0.1) is 17.3 Å². The minimum atomic E-state index is -0.125. The number of aromatic nitrogens is 2. The van der Waals surface area contributed by atoms with Gasteiger partial charge in [0.2, 0.25) is 0 Å². The van der Waals surface area contributed by atoms with Gasteiger partial charge in [0.25, 0.3) is 0 Å². The van der Waals surface area contributed by atoms with Gasteiger partial charge in [0, 0.05) is 32.8 Å². The fraction of sp³-hybridized carbons (Fsp3) is 0.217. The van der Waals surface area contributed by atoms with E-state index in [0.717, 1.165) is 17.1 Å². The van der Waals surface area contributed by atoms with Crippen molar-refractivity contribution in [1.82, 2.24) is 9.55 Å². The Balaban J connectivity index is 0.000000425. The molecule has 0 radical (unpaired) electrons. The van der Waals surface area contributed by atoms with E-state index in [4.69, 9.17) is 5.11 Å². The van der Waals surface area contributed by atoms with Crippen molar-refractivity contribution in [2.75, 3.05) is 0 Å². The molecule has 0 spiro atoms. The molecule has 1 heterocycles. The average Bonchev–Trinajstić information content (AvgIpc) is 2.97. The van der Waals surface area contributed by atoms with Crippen molar-refractivity contribution in [2.24, 2.45) is 0 Å². The minimum absolute atomic E-state index is 0. The Hall–Kier alpha value is -2.45. The van der Waals surface area contributed by atoms with Gasteiger partial charge < -0.3 is 9.67 Å². The quantitative estimate of drug-likeness (QED) is 0.271. The molecule has 0 aliphatic carbocycles. The Morgan fingerprint density at radius 3 is 2.18 bits per heavy atom. The van der Waals surface area contributed by atoms with Gasteiger partial charge in [0.15, 0.2) is 5.78 Å². The zero-order valence-corrected chi connectivity index (χ0v) is 19.0. The van der Waals surface area contributed by atoms with E-state index in [9.17, 15) is 4.79 Å². The van der Waals surface area contributed by atoms with E-state index in [1.54, 1.807) is 0 Å². The number of hydrogen-bond acceptors (Lipinski definition) is 3. The second kappa shape index (κ2) is 10.8. The largest absolute Gasteiger partial charge is 0.512 e. The standard InChI is InChI=1S/C18H17N2.C5H8O2.Pt/c1-13-8-7-9-14(2)18(13)20-12-17(19-15(20)3)16-10-5-4-6-11-16;1-4(6)3-5(2)7;/h4-10,12H,1-3H3;3,6H,1-2H3;/q-1;;/b;4-3-;. The van der Waals surface area contributed by atoms with Crippen molar-refractivity contribution in [1.29, 1.82) is 0 Å². The van der Waals surface area contributed by atoms with Gasteiger partial charge in [0.1, 0.15) is 0 Å². The first-order chi connectivity index (χ1) is 12.8. The molecule has 2 aromatic carbocycles. The molecule has 0 aliphatic rings. The molecule has 0 atom stereocenters. The number of para-hydroxylation sites is 1. The van der Waals surface area contributed by atoms with Crippen molar-refractivity contribution in [3.05, 3.63) is 83.5 Å². The summed E-state index contributed by atoms with van der Waals surface area (Å²) in [4.78, 5) is 14.7. The van der Waals surface area contributed by atoms with Gasteiger partial charge in [-0.3, -0.25) is 9.78 Å². The molecule has 0 amide bonds. The van der Waals surface area contributed by atoms with Gasteiger partial charge >= 0.3 is 0 Å². The first kappa shape index (κ1) is 23.6. The Bertz CT molecular complexity index is 936. The maximum Gasteiger partial charge on any atom is 0.155 e. The number of aliphatic hydroxyl groups is 1. The molecule has 0 saturated heterocycles. The van der Waals surface area contributed by atoms with Crippen LogP contribution in [0.5, 0.6) is 0 Å². The van der Waals surface area contributed by atoms with Crippen molar-refractivity contribution >= 4 is 5.78 Å². The molecule has 28 heavy (non-hydrogen) atoms. The van der Waals surface area contributed by atoms with E-state index in [-0.39, 0.29) is 32.6 Å². The minimum Gasteiger partial charge on any atom is -0.512 e. The fourth-order valence-electron chi connectivity index (χ4n) is 2.86. The van der Waals surface area contributed by atoms with E-state index < -0.39 is 0 Å². The Morgan fingerprint density at radius 2 is 1.71 bits per heavy atom. The summed E-state index contributed by atoms with van der Waals surface area (Å²) in [5, 5.41) is 8.36. The van der Waals surface area contributed by atoms with E-state index in [1.807, 2.05) is 31.2 Å². The van der Waals surface area contributed by atoms with Crippen LogP contribution in [0.3, 0.4) is 0 Å². The average molecular weight is 557 g/mol. The van der Waals surface area contributed by atoms with Gasteiger partial charge in [-0.15, -0.1) is 35.9 Å². The van der Waals surface area contributed by atoms with Crippen LogP contribution in [0.2, 0.25) is 0 Å². The number of rotatable bonds is 3. The number of allylic oxidation sites excluding steroid dienone is 2. The second-order valence-electron chi connectivity index (χ2n) is 6.46. The second-order valence-corrected chi connectivity index (χ2v) is 6.46. The molecule has 5 heteroatoms. The van der Waals surface area contributed by atoms with E-state index >= 15 is 0 Å². The van der Waals surface area contributed by atoms with Crippen LogP contribution in [0.4, 0.5) is 0 Å². The van der Waals surface area contributed by atoms with Gasteiger partial charge in [-0.1, -0.05) is 18.2 Å². The molecule has 4 nitrogen and oxygen atoms in total. The summed E-state index contributed by atoms with van der Waals surface area (Å²) in [5.41, 5.74) is 5.73. The predicted octanol–water partition coefficient (Wildman–Crippen LogP) is 5.30. The third-order valence-electron chi connectivity index (χ3n) is 3.96. The van der Waals surface area contributed by atoms with E-state index in [0.29, 0.717) is 0 Å². The molecule has 0 saturated carbocycles. The number of aryl methyl sites for hydroxylation is 3. The summed E-state index contributed by atoms with van der Waals surface area (Å²) >= 11 is 0. The Kier molecular flexibility index (Phi) is 9.07. The third-order valence-corrected chi connectivity index (χ3v) is 3.96. The molecule has 0 unspecified atom stereocenters. The number of imidazole rings is 1. The number of aliphatic hydroxyl groups excluding tert-OH is 1. The maximum absolute atomic E-state index is 10.0. The van der Waals surface area contributed by atoms with Crippen molar-refractivity contribution in [2.45, 2.75) is 34.6 Å². The number of ketones is 1. The molecule has 0 fully saturated rings. The molecule has 150 valence electrons. The predicted molar refractivity (Wildman–Crippen MR) is 109 cm³/mol. The molecule has 1 N–H and O–H groups in total. The number of carbonyl (C=O) groups excluding carboxylic acids is 1. The first-order valence-corrected chi connectivity index (χ1v) is 8.77. The molecule has 0 aliphatic heterocycles. The third kappa shape index (κ3) is 6.31. The van der Waals surface area contributed by atoms with Gasteiger partial charge in [-0.05, 0) is 51.9 Å². The van der Waals surface area contributed by atoms with E-state index in [1.165, 1.54) is 36.7 Å². The summed E-state index contributed by atoms with van der Waals surface area (Å²) < 4.78 is 2.17. The summed E-state index contributed by atoms with van der Waals surface area (Å²) in [6, 6.07) is 17.5. The molecular formula is C23H25N2O2Pt-. The van der Waals surface area contributed by atoms with Crippen LogP contribution in [0.25, 0.3) is 16.9 Å². The Labute approximate surface area is 181 Å². The summed E-state index contributed by atoms with van der Waals surface area (Å²) in [5.74, 6) is 0.933. The van der Waals surface area contributed by atoms with Crippen LogP contribution in [-0.2, 0) is 25.9 Å². The number of benzene rings is 2. The van der Waals surface area contributed by atoms with Gasteiger partial charge in [-0.25, -0.2) is 0 Å². The molecule has 0 bridgehead atoms. The zero-order chi connectivity index (χ0) is 20.0. The molecular weight excluding hydrogens is 531 g/mol. The Morgan fingerprint density at radius 1 is 1.07 bits per heavy atom. The molecule has 3 rings (SSSR count). The van der Waals surface area contributed by atoms with Crippen LogP contribution in [-0.4, -0.2) is 20.4 Å². The summed E-state index contributed by atoms with van der Waals surface area (Å²) in [7, 11) is 0. The maximum atomic E-state index is 10.0. The SMILES string of the molecule is CC(=O)/C=C(/C)O.Cc1cccc(C)c1-n1cc(-c2[c-]cccc2)nc1C.[Pt]. The summed E-state index contributed by atoms with van der Waals surface area (Å²) in [6.07, 6.45) is 3.26. The van der Waals surface area contributed by atoms with Crippen LogP contribution < -0.4 is 0 Å². The van der Waals surface area contributed by atoms with Crippen LogP contribution >= 0.6 is 0 Å². The van der Waals surface area contributed by atoms with Crippen LogP contribution in [0.15, 0.2) is 60.5 Å². The number of hydrogen-bond donors (Lipinski definition) is 1. The van der Waals surface area contributed by atoms with Crippen molar-refractivity contribution < 1.29 is 31.0 Å².